The highest BCUT2D eigenvalue weighted by molar-refractivity contribution is 5.66. The van der Waals surface area contributed by atoms with Crippen molar-refractivity contribution < 1.29 is 8.81 Å². The van der Waals surface area contributed by atoms with Gasteiger partial charge in [0.15, 0.2) is 0 Å². The summed E-state index contributed by atoms with van der Waals surface area (Å²) < 4.78 is 18.3. The van der Waals surface area contributed by atoms with Crippen LogP contribution in [0.3, 0.4) is 0 Å². The Bertz CT molecular complexity index is 476. The van der Waals surface area contributed by atoms with Crippen LogP contribution in [0.4, 0.5) is 4.39 Å². The molecule has 2 N–H and O–H groups in total. The Morgan fingerprint density at radius 2 is 2.13 bits per heavy atom. The monoisotopic (exact) mass is 205 g/mol. The first-order valence-electron chi connectivity index (χ1n) is 4.75. The minimum Gasteiger partial charge on any atom is -0.467 e. The quantitative estimate of drug-likeness (QED) is 0.818. The first-order chi connectivity index (χ1) is 7.22. The van der Waals surface area contributed by atoms with Crippen molar-refractivity contribution in [3.8, 4) is 11.1 Å². The molecule has 0 unspecified atom stereocenters. The average molecular weight is 205 g/mol. The van der Waals surface area contributed by atoms with E-state index in [1.165, 1.54) is 6.07 Å². The molecule has 0 radical (unpaired) electrons. The molecule has 1 aromatic carbocycles. The van der Waals surface area contributed by atoms with Gasteiger partial charge in [-0.1, -0.05) is 6.07 Å². The third kappa shape index (κ3) is 1.78. The lowest BCUT2D eigenvalue weighted by molar-refractivity contribution is 0.513. The van der Waals surface area contributed by atoms with Crippen LogP contribution < -0.4 is 5.73 Å². The Kier molecular flexibility index (Phi) is 2.56. The molecule has 78 valence electrons. The van der Waals surface area contributed by atoms with Crippen LogP contribution in [0, 0.1) is 12.7 Å². The molecule has 0 fully saturated rings. The van der Waals surface area contributed by atoms with E-state index in [2.05, 4.69) is 0 Å². The number of hydrogen-bond acceptors (Lipinski definition) is 2. The molecule has 0 spiro atoms. The zero-order valence-electron chi connectivity index (χ0n) is 8.46. The van der Waals surface area contributed by atoms with Crippen LogP contribution in [0.15, 0.2) is 34.9 Å². The standard InChI is InChI=1S/C12H12FNO/c1-8-6-9(2-3-11(8)13)10-4-5-15-12(10)7-14/h2-6H,7,14H2,1H3. The summed E-state index contributed by atoms with van der Waals surface area (Å²) in [5.41, 5.74) is 8.02. The van der Waals surface area contributed by atoms with Gasteiger partial charge in [-0.25, -0.2) is 4.39 Å². The van der Waals surface area contributed by atoms with Crippen LogP contribution in [-0.4, -0.2) is 0 Å². The third-order valence-corrected chi connectivity index (χ3v) is 2.40. The van der Waals surface area contributed by atoms with E-state index in [1.54, 1.807) is 25.3 Å². The van der Waals surface area contributed by atoms with Crippen LogP contribution in [0.25, 0.3) is 11.1 Å². The molecule has 0 aliphatic rings. The Balaban J connectivity index is 2.50. The molecule has 2 rings (SSSR count). The summed E-state index contributed by atoms with van der Waals surface area (Å²) in [4.78, 5) is 0. The lowest BCUT2D eigenvalue weighted by Crippen LogP contribution is -1.96. The van der Waals surface area contributed by atoms with E-state index in [4.69, 9.17) is 10.2 Å². The molecular weight excluding hydrogens is 193 g/mol. The number of rotatable bonds is 2. The molecule has 0 bridgehead atoms. The van der Waals surface area contributed by atoms with Gasteiger partial charge in [-0.15, -0.1) is 0 Å². The maximum atomic E-state index is 13.1. The normalized spacial score (nSPS) is 10.6. The van der Waals surface area contributed by atoms with Crippen molar-refractivity contribution in [2.24, 2.45) is 5.73 Å². The fourth-order valence-corrected chi connectivity index (χ4v) is 1.57. The lowest BCUT2D eigenvalue weighted by atomic mass is 10.0. The van der Waals surface area contributed by atoms with Crippen LogP contribution in [0.5, 0.6) is 0 Å². The molecule has 0 atom stereocenters. The van der Waals surface area contributed by atoms with Crippen molar-refractivity contribution in [3.05, 3.63) is 47.7 Å². The second-order valence-electron chi connectivity index (χ2n) is 3.43. The third-order valence-electron chi connectivity index (χ3n) is 2.40. The molecule has 2 aromatic rings. The summed E-state index contributed by atoms with van der Waals surface area (Å²) in [6.07, 6.45) is 1.59. The Labute approximate surface area is 87.5 Å². The van der Waals surface area contributed by atoms with E-state index in [-0.39, 0.29) is 5.82 Å². The van der Waals surface area contributed by atoms with Gasteiger partial charge in [-0.05, 0) is 36.2 Å². The predicted molar refractivity (Wildman–Crippen MR) is 56.7 cm³/mol. The number of nitrogens with two attached hydrogens (primary N) is 1. The summed E-state index contributed by atoms with van der Waals surface area (Å²) in [6, 6.07) is 6.82. The Morgan fingerprint density at radius 3 is 2.80 bits per heavy atom. The van der Waals surface area contributed by atoms with Gasteiger partial charge in [0.1, 0.15) is 11.6 Å². The molecule has 15 heavy (non-hydrogen) atoms. The molecule has 2 nitrogen and oxygen atoms in total. The predicted octanol–water partition coefficient (Wildman–Crippen LogP) is 2.85. The number of benzene rings is 1. The molecule has 1 heterocycles. The highest BCUT2D eigenvalue weighted by atomic mass is 19.1. The highest BCUT2D eigenvalue weighted by Gasteiger charge is 2.08. The summed E-state index contributed by atoms with van der Waals surface area (Å²) in [6.45, 7) is 2.08. The number of hydrogen-bond donors (Lipinski definition) is 1. The largest absolute Gasteiger partial charge is 0.467 e. The fraction of sp³-hybridized carbons (Fsp3) is 0.167. The summed E-state index contributed by atoms with van der Waals surface area (Å²) >= 11 is 0. The molecule has 3 heteroatoms. The maximum absolute atomic E-state index is 13.1. The van der Waals surface area contributed by atoms with Gasteiger partial charge in [0, 0.05) is 5.56 Å². The van der Waals surface area contributed by atoms with Gasteiger partial charge < -0.3 is 10.2 Å². The Hall–Kier alpha value is -1.61. The topological polar surface area (TPSA) is 39.2 Å². The van der Waals surface area contributed by atoms with Crippen molar-refractivity contribution in [2.75, 3.05) is 0 Å². The van der Waals surface area contributed by atoms with Crippen molar-refractivity contribution in [1.29, 1.82) is 0 Å². The van der Waals surface area contributed by atoms with Crippen LogP contribution in [0.2, 0.25) is 0 Å². The van der Waals surface area contributed by atoms with Crippen molar-refractivity contribution in [1.82, 2.24) is 0 Å². The number of aryl methyl sites for hydroxylation is 1. The van der Waals surface area contributed by atoms with Crippen LogP contribution >= 0.6 is 0 Å². The number of furan rings is 1. The van der Waals surface area contributed by atoms with Gasteiger partial charge in [0.25, 0.3) is 0 Å². The molecule has 0 aliphatic carbocycles. The van der Waals surface area contributed by atoms with E-state index >= 15 is 0 Å². The molecule has 0 saturated carbocycles. The average Bonchev–Trinajstić information content (AvgIpc) is 2.70. The van der Waals surface area contributed by atoms with Gasteiger partial charge in [-0.3, -0.25) is 0 Å². The van der Waals surface area contributed by atoms with Gasteiger partial charge in [0.05, 0.1) is 12.8 Å². The van der Waals surface area contributed by atoms with Gasteiger partial charge in [0.2, 0.25) is 0 Å². The summed E-state index contributed by atoms with van der Waals surface area (Å²) in [5, 5.41) is 0. The van der Waals surface area contributed by atoms with Crippen LogP contribution in [-0.2, 0) is 6.54 Å². The van der Waals surface area contributed by atoms with E-state index in [0.717, 1.165) is 16.9 Å². The summed E-state index contributed by atoms with van der Waals surface area (Å²) in [7, 11) is 0. The minimum atomic E-state index is -0.198. The van der Waals surface area contributed by atoms with Crippen LogP contribution in [0.1, 0.15) is 11.3 Å². The van der Waals surface area contributed by atoms with E-state index in [1.807, 2.05) is 6.07 Å². The lowest BCUT2D eigenvalue weighted by Gasteiger charge is -2.03. The minimum absolute atomic E-state index is 0.198. The summed E-state index contributed by atoms with van der Waals surface area (Å²) in [5.74, 6) is 0.526. The van der Waals surface area contributed by atoms with E-state index in [9.17, 15) is 4.39 Å². The van der Waals surface area contributed by atoms with Crippen molar-refractivity contribution in [2.45, 2.75) is 13.5 Å². The molecule has 0 saturated heterocycles. The zero-order valence-corrected chi connectivity index (χ0v) is 8.46. The smallest absolute Gasteiger partial charge is 0.126 e. The molecular formula is C12H12FNO. The maximum Gasteiger partial charge on any atom is 0.126 e. The second kappa shape index (κ2) is 3.87. The van der Waals surface area contributed by atoms with E-state index < -0.39 is 0 Å². The molecule has 0 aliphatic heterocycles. The first-order valence-corrected chi connectivity index (χ1v) is 4.75. The first kappa shape index (κ1) is 9.93. The van der Waals surface area contributed by atoms with Crippen molar-refractivity contribution >= 4 is 0 Å². The Morgan fingerprint density at radius 1 is 1.33 bits per heavy atom. The highest BCUT2D eigenvalue weighted by Crippen LogP contribution is 2.26. The zero-order chi connectivity index (χ0) is 10.8. The van der Waals surface area contributed by atoms with E-state index in [0.29, 0.717) is 12.1 Å². The SMILES string of the molecule is Cc1cc(-c2ccoc2CN)ccc1F. The fourth-order valence-electron chi connectivity index (χ4n) is 1.57. The molecule has 1 aromatic heterocycles. The number of halogens is 1. The molecule has 0 amide bonds. The van der Waals surface area contributed by atoms with Crippen molar-refractivity contribution in [3.63, 3.8) is 0 Å². The van der Waals surface area contributed by atoms with Gasteiger partial charge in [-0.2, -0.15) is 0 Å². The van der Waals surface area contributed by atoms with Gasteiger partial charge >= 0.3 is 0 Å². The second-order valence-corrected chi connectivity index (χ2v) is 3.43.